The lowest BCUT2D eigenvalue weighted by molar-refractivity contribution is 1.18. The molecule has 0 bridgehead atoms. The molecule has 4 nitrogen and oxygen atoms in total. The van der Waals surface area contributed by atoms with Crippen LogP contribution in [0.15, 0.2) is 170 Å². The third kappa shape index (κ3) is 4.25. The fourth-order valence-corrected chi connectivity index (χ4v) is 9.01. The molecule has 0 atom stereocenters. The zero-order valence-electron chi connectivity index (χ0n) is 27.4. The van der Waals surface area contributed by atoms with Crippen LogP contribution in [0.4, 0.5) is 0 Å². The van der Waals surface area contributed by atoms with Crippen molar-refractivity contribution in [2.45, 2.75) is 0 Å². The van der Waals surface area contributed by atoms with Gasteiger partial charge >= 0.3 is 0 Å². The maximum absolute atomic E-state index is 5.03. The van der Waals surface area contributed by atoms with Crippen LogP contribution < -0.4 is 0 Å². The van der Waals surface area contributed by atoms with Crippen molar-refractivity contribution in [3.8, 4) is 33.6 Å². The number of pyridine rings is 2. The number of hydrogen-bond acceptors (Lipinski definition) is 3. The van der Waals surface area contributed by atoms with Gasteiger partial charge in [-0.25, -0.2) is 4.98 Å². The van der Waals surface area contributed by atoms with Crippen LogP contribution >= 0.6 is 11.3 Å². The maximum atomic E-state index is 5.03. The van der Waals surface area contributed by atoms with Gasteiger partial charge in [-0.15, -0.1) is 11.3 Å². The molecular formula is C46H28N4S. The van der Waals surface area contributed by atoms with Crippen LogP contribution in [0.25, 0.3) is 97.5 Å². The minimum atomic E-state index is 1.02. The molecule has 5 aromatic heterocycles. The van der Waals surface area contributed by atoms with Crippen molar-refractivity contribution in [2.24, 2.45) is 0 Å². The first-order valence-electron chi connectivity index (χ1n) is 17.1. The van der Waals surface area contributed by atoms with Crippen molar-refractivity contribution in [1.29, 1.82) is 0 Å². The summed E-state index contributed by atoms with van der Waals surface area (Å²) in [5.74, 6) is 0. The van der Waals surface area contributed by atoms with E-state index in [-0.39, 0.29) is 0 Å². The van der Waals surface area contributed by atoms with Gasteiger partial charge in [0.15, 0.2) is 0 Å². The van der Waals surface area contributed by atoms with Gasteiger partial charge in [-0.05, 0) is 77.9 Å². The highest BCUT2D eigenvalue weighted by atomic mass is 32.1. The molecule has 0 radical (unpaired) electrons. The molecule has 0 saturated heterocycles. The summed E-state index contributed by atoms with van der Waals surface area (Å²) in [6.45, 7) is 0. The predicted octanol–water partition coefficient (Wildman–Crippen LogP) is 12.4. The van der Waals surface area contributed by atoms with Crippen LogP contribution in [-0.2, 0) is 0 Å². The number of fused-ring (bicyclic) bond motifs is 9. The molecule has 0 aliphatic rings. The number of hydrogen-bond donors (Lipinski definition) is 0. The van der Waals surface area contributed by atoms with E-state index < -0.39 is 0 Å². The van der Waals surface area contributed by atoms with E-state index in [4.69, 9.17) is 9.97 Å². The van der Waals surface area contributed by atoms with E-state index in [1.165, 1.54) is 49.0 Å². The average molecular weight is 669 g/mol. The van der Waals surface area contributed by atoms with Gasteiger partial charge in [-0.3, -0.25) is 4.98 Å². The molecular weight excluding hydrogens is 641 g/mol. The van der Waals surface area contributed by atoms with E-state index in [2.05, 4.69) is 161 Å². The first-order valence-corrected chi connectivity index (χ1v) is 18.0. The predicted molar refractivity (Wildman–Crippen MR) is 214 cm³/mol. The van der Waals surface area contributed by atoms with Crippen molar-refractivity contribution in [3.63, 3.8) is 0 Å². The van der Waals surface area contributed by atoms with E-state index in [1.807, 2.05) is 18.6 Å². The molecule has 11 aromatic rings. The van der Waals surface area contributed by atoms with Gasteiger partial charge in [0.2, 0.25) is 0 Å². The van der Waals surface area contributed by atoms with E-state index >= 15 is 0 Å². The fraction of sp³-hybridized carbons (Fsp3) is 0. The minimum absolute atomic E-state index is 1.02. The summed E-state index contributed by atoms with van der Waals surface area (Å²) in [6.07, 6.45) is 6.02. The number of thiophene rings is 1. The number of rotatable bonds is 4. The molecule has 0 amide bonds. The first kappa shape index (κ1) is 28.3. The number of nitrogens with zero attached hydrogens (tertiary/aromatic N) is 4. The van der Waals surface area contributed by atoms with Crippen LogP contribution in [0.1, 0.15) is 0 Å². The van der Waals surface area contributed by atoms with Crippen LogP contribution in [0, 0.1) is 0 Å². The Labute approximate surface area is 297 Å². The third-order valence-corrected chi connectivity index (χ3v) is 11.3. The van der Waals surface area contributed by atoms with E-state index in [1.54, 1.807) is 11.3 Å². The van der Waals surface area contributed by atoms with Gasteiger partial charge in [0.1, 0.15) is 4.83 Å². The Morgan fingerprint density at radius 2 is 0.941 bits per heavy atom. The largest absolute Gasteiger partial charge is 0.309 e. The zero-order chi connectivity index (χ0) is 33.5. The second-order valence-electron chi connectivity index (χ2n) is 13.1. The summed E-state index contributed by atoms with van der Waals surface area (Å²) in [5.41, 5.74) is 11.6. The van der Waals surface area contributed by atoms with Crippen molar-refractivity contribution < 1.29 is 0 Å². The molecule has 51 heavy (non-hydrogen) atoms. The summed E-state index contributed by atoms with van der Waals surface area (Å²) >= 11 is 1.71. The normalized spacial score (nSPS) is 11.9. The highest BCUT2D eigenvalue weighted by molar-refractivity contribution is 7.25. The lowest BCUT2D eigenvalue weighted by Crippen LogP contribution is -1.93. The van der Waals surface area contributed by atoms with Crippen LogP contribution in [0.2, 0.25) is 0 Å². The smallest absolute Gasteiger partial charge is 0.124 e. The molecule has 5 heterocycles. The summed E-state index contributed by atoms with van der Waals surface area (Å²) in [6, 6.07) is 54.5. The second-order valence-corrected chi connectivity index (χ2v) is 14.1. The number of para-hydroxylation sites is 4. The van der Waals surface area contributed by atoms with Crippen LogP contribution in [-0.4, -0.2) is 19.1 Å². The van der Waals surface area contributed by atoms with Crippen molar-refractivity contribution in [2.75, 3.05) is 0 Å². The molecule has 0 aliphatic carbocycles. The van der Waals surface area contributed by atoms with Crippen LogP contribution in [0.3, 0.4) is 0 Å². The molecule has 0 saturated carbocycles. The summed E-state index contributed by atoms with van der Waals surface area (Å²) in [5, 5.41) is 7.29. The lowest BCUT2D eigenvalue weighted by atomic mass is 9.98. The average Bonchev–Trinajstić information content (AvgIpc) is 3.85. The van der Waals surface area contributed by atoms with Crippen molar-refractivity contribution >= 4 is 75.3 Å². The standard InChI is InChI=1S/C46H28N4S/c1-3-11-32(12-4-1)49-40-17-9-7-15-34(40)36-23-29(19-21-42(36)49)31-25-38-45-39(27-47-28-44(45)51-46(38)48-26-31)30-20-22-43-37(24-30)35-16-8-10-18-41(35)50(43)33-13-5-2-6-14-33/h1-28H. The van der Waals surface area contributed by atoms with Crippen molar-refractivity contribution in [1.82, 2.24) is 19.1 Å². The van der Waals surface area contributed by atoms with Gasteiger partial charge in [-0.2, -0.15) is 0 Å². The topological polar surface area (TPSA) is 35.6 Å². The highest BCUT2D eigenvalue weighted by Crippen LogP contribution is 2.42. The molecule has 11 rings (SSSR count). The Hall–Kier alpha value is -6.56. The fourth-order valence-electron chi connectivity index (χ4n) is 7.99. The summed E-state index contributed by atoms with van der Waals surface area (Å²) in [7, 11) is 0. The first-order chi connectivity index (χ1) is 25.3. The van der Waals surface area contributed by atoms with Gasteiger partial charge in [-0.1, -0.05) is 84.9 Å². The maximum Gasteiger partial charge on any atom is 0.124 e. The summed E-state index contributed by atoms with van der Waals surface area (Å²) in [4.78, 5) is 10.8. The highest BCUT2D eigenvalue weighted by Gasteiger charge is 2.18. The molecule has 5 heteroatoms. The molecule has 238 valence electrons. The van der Waals surface area contributed by atoms with Crippen molar-refractivity contribution in [3.05, 3.63) is 170 Å². The van der Waals surface area contributed by atoms with Gasteiger partial charge < -0.3 is 9.13 Å². The molecule has 0 N–H and O–H groups in total. The Balaban J connectivity index is 1.09. The Morgan fingerprint density at radius 3 is 1.59 bits per heavy atom. The monoisotopic (exact) mass is 668 g/mol. The number of aromatic nitrogens is 4. The Morgan fingerprint density at radius 1 is 0.412 bits per heavy atom. The summed E-state index contributed by atoms with van der Waals surface area (Å²) < 4.78 is 5.85. The Bertz CT molecular complexity index is 3130. The van der Waals surface area contributed by atoms with Gasteiger partial charge in [0.25, 0.3) is 0 Å². The van der Waals surface area contributed by atoms with E-state index in [9.17, 15) is 0 Å². The van der Waals surface area contributed by atoms with Gasteiger partial charge in [0.05, 0.1) is 26.8 Å². The van der Waals surface area contributed by atoms with Gasteiger partial charge in [0, 0.05) is 73.4 Å². The third-order valence-electron chi connectivity index (χ3n) is 10.3. The van der Waals surface area contributed by atoms with E-state index in [0.717, 1.165) is 48.5 Å². The Kier molecular flexibility index (Phi) is 6.09. The molecule has 0 spiro atoms. The second kappa shape index (κ2) is 11.0. The SMILES string of the molecule is c1ccc(-n2c3ccccc3c3cc(-c4cnc5sc6cncc(-c7ccc8c(c7)c7ccccc7n8-c7ccccc7)c6c5c4)ccc32)cc1. The van der Waals surface area contributed by atoms with Crippen LogP contribution in [0.5, 0.6) is 0 Å². The minimum Gasteiger partial charge on any atom is -0.309 e. The lowest BCUT2D eigenvalue weighted by Gasteiger charge is -2.09. The quantitative estimate of drug-likeness (QED) is 0.187. The zero-order valence-corrected chi connectivity index (χ0v) is 28.2. The molecule has 6 aromatic carbocycles. The molecule has 0 fully saturated rings. The van der Waals surface area contributed by atoms with E-state index in [0.29, 0.717) is 0 Å². The molecule has 0 aliphatic heterocycles. The molecule has 0 unspecified atom stereocenters. The number of benzene rings is 6.